The van der Waals surface area contributed by atoms with E-state index in [9.17, 15) is 19.0 Å². The lowest BCUT2D eigenvalue weighted by Gasteiger charge is -2.20. The predicted molar refractivity (Wildman–Crippen MR) is 212 cm³/mol. The van der Waals surface area contributed by atoms with Crippen LogP contribution in [-0.2, 0) is 32.7 Å². The standard InChI is InChI=1S/C41H80NO9P/c1-3-5-7-9-11-13-15-17-19-20-22-24-26-28-30-32-34-48-35-38(36-49-52(46,47)50-37-39(42)41(44)45)51-40(43)33-31-29-27-25-23-21-18-16-14-12-10-8-6-4-2/h16,18,38-39H,3-15,17,19-37,42H2,1-2H3,(H,44,45)(H,46,47)/b18-16-/t38-,39+/m1/s1. The summed E-state index contributed by atoms with van der Waals surface area (Å²) in [6.45, 7) is 3.89. The highest BCUT2D eigenvalue weighted by atomic mass is 31.2. The Labute approximate surface area is 318 Å². The molecular formula is C41H80NO9P. The van der Waals surface area contributed by atoms with E-state index < -0.39 is 45.1 Å². The van der Waals surface area contributed by atoms with E-state index in [0.717, 1.165) is 51.4 Å². The molecule has 11 heteroatoms. The number of allylic oxidation sites excluding steroid dienone is 2. The zero-order chi connectivity index (χ0) is 38.4. The topological polar surface area (TPSA) is 155 Å². The molecule has 52 heavy (non-hydrogen) atoms. The molecule has 0 rings (SSSR count). The van der Waals surface area contributed by atoms with Crippen molar-refractivity contribution in [1.82, 2.24) is 0 Å². The summed E-state index contributed by atoms with van der Waals surface area (Å²) in [4.78, 5) is 33.5. The Morgan fingerprint density at radius 3 is 1.46 bits per heavy atom. The average Bonchev–Trinajstić information content (AvgIpc) is 3.12. The molecule has 0 amide bonds. The molecule has 0 spiro atoms. The van der Waals surface area contributed by atoms with Crippen LogP contribution in [0, 0.1) is 0 Å². The molecule has 0 radical (unpaired) electrons. The van der Waals surface area contributed by atoms with Crippen molar-refractivity contribution < 1.29 is 42.7 Å². The maximum Gasteiger partial charge on any atom is 0.472 e. The number of hydrogen-bond acceptors (Lipinski definition) is 8. The number of phosphoric ester groups is 1. The number of nitrogens with two attached hydrogens (primary N) is 1. The molecule has 4 N–H and O–H groups in total. The van der Waals surface area contributed by atoms with Gasteiger partial charge >= 0.3 is 19.8 Å². The van der Waals surface area contributed by atoms with Gasteiger partial charge in [0.1, 0.15) is 12.1 Å². The first-order chi connectivity index (χ1) is 25.2. The first kappa shape index (κ1) is 50.7. The van der Waals surface area contributed by atoms with Crippen molar-refractivity contribution >= 4 is 19.8 Å². The number of carboxylic acids is 1. The number of carboxylic acid groups (broad SMARTS) is 1. The number of rotatable bonds is 41. The fraction of sp³-hybridized carbons (Fsp3) is 0.902. The van der Waals surface area contributed by atoms with Crippen LogP contribution in [0.25, 0.3) is 0 Å². The van der Waals surface area contributed by atoms with Crippen molar-refractivity contribution in [2.45, 2.75) is 212 Å². The van der Waals surface area contributed by atoms with E-state index >= 15 is 0 Å². The second-order valence-corrected chi connectivity index (χ2v) is 15.9. The molecule has 0 aliphatic heterocycles. The lowest BCUT2D eigenvalue weighted by Crippen LogP contribution is -2.34. The number of phosphoric acid groups is 1. The van der Waals surface area contributed by atoms with Crippen LogP contribution in [0.2, 0.25) is 0 Å². The smallest absolute Gasteiger partial charge is 0.472 e. The number of ether oxygens (including phenoxy) is 2. The van der Waals surface area contributed by atoms with Gasteiger partial charge in [0.25, 0.3) is 0 Å². The second-order valence-electron chi connectivity index (χ2n) is 14.5. The number of hydrogen-bond donors (Lipinski definition) is 3. The van der Waals surface area contributed by atoms with Crippen LogP contribution >= 0.6 is 7.82 Å². The highest BCUT2D eigenvalue weighted by molar-refractivity contribution is 7.47. The van der Waals surface area contributed by atoms with Gasteiger partial charge in [0.15, 0.2) is 0 Å². The average molecular weight is 762 g/mol. The van der Waals surface area contributed by atoms with Gasteiger partial charge in [-0.15, -0.1) is 0 Å². The number of aliphatic carboxylic acids is 1. The van der Waals surface area contributed by atoms with Crippen LogP contribution in [0.5, 0.6) is 0 Å². The molecule has 0 saturated heterocycles. The molecule has 0 fully saturated rings. The van der Waals surface area contributed by atoms with Crippen molar-refractivity contribution in [3.8, 4) is 0 Å². The fourth-order valence-electron chi connectivity index (χ4n) is 5.95. The van der Waals surface area contributed by atoms with Gasteiger partial charge in [0.2, 0.25) is 0 Å². The maximum atomic E-state index is 12.6. The Morgan fingerprint density at radius 2 is 1.00 bits per heavy atom. The molecule has 10 nitrogen and oxygen atoms in total. The Kier molecular flexibility index (Phi) is 37.1. The summed E-state index contributed by atoms with van der Waals surface area (Å²) in [5.41, 5.74) is 5.35. The van der Waals surface area contributed by atoms with Gasteiger partial charge in [-0.25, -0.2) is 4.57 Å². The van der Waals surface area contributed by atoms with Crippen LogP contribution in [0.4, 0.5) is 0 Å². The van der Waals surface area contributed by atoms with Crippen molar-refractivity contribution in [3.63, 3.8) is 0 Å². The number of unbranched alkanes of at least 4 members (excludes halogenated alkanes) is 25. The van der Waals surface area contributed by atoms with Crippen molar-refractivity contribution in [2.75, 3.05) is 26.4 Å². The Morgan fingerprint density at radius 1 is 0.596 bits per heavy atom. The third-order valence-electron chi connectivity index (χ3n) is 9.29. The van der Waals surface area contributed by atoms with E-state index in [4.69, 9.17) is 29.4 Å². The molecule has 0 aromatic heterocycles. The van der Waals surface area contributed by atoms with Gasteiger partial charge in [0, 0.05) is 13.0 Å². The zero-order valence-corrected chi connectivity index (χ0v) is 34.3. The lowest BCUT2D eigenvalue weighted by molar-refractivity contribution is -0.154. The Hall–Kier alpha value is -1.29. The van der Waals surface area contributed by atoms with Gasteiger partial charge in [-0.2, -0.15) is 0 Å². The third kappa shape index (κ3) is 37.0. The quantitative estimate of drug-likeness (QED) is 0.0237. The third-order valence-corrected chi connectivity index (χ3v) is 10.2. The SMILES string of the molecule is CCCCCCC/C=C\CCCCCCCC(=O)O[C@H](COCCCCCCCCCCCCCCCCCC)COP(=O)(O)OC[C@H](N)C(=O)O. The van der Waals surface area contributed by atoms with Crippen LogP contribution < -0.4 is 5.73 Å². The monoisotopic (exact) mass is 762 g/mol. The molecule has 0 aromatic carbocycles. The maximum absolute atomic E-state index is 12.6. The summed E-state index contributed by atoms with van der Waals surface area (Å²) in [7, 11) is -4.61. The molecule has 0 aliphatic rings. The van der Waals surface area contributed by atoms with Gasteiger partial charge in [-0.1, -0.05) is 167 Å². The lowest BCUT2D eigenvalue weighted by atomic mass is 10.0. The molecule has 0 aliphatic carbocycles. The summed E-state index contributed by atoms with van der Waals surface area (Å²) in [5, 5.41) is 8.88. The normalized spacial score (nSPS) is 14.1. The number of carbonyl (C=O) groups excluding carboxylic acids is 1. The van der Waals surface area contributed by atoms with Crippen LogP contribution in [0.15, 0.2) is 12.2 Å². The molecule has 0 bridgehead atoms. The van der Waals surface area contributed by atoms with E-state index in [2.05, 4.69) is 26.0 Å². The molecular weight excluding hydrogens is 681 g/mol. The second kappa shape index (κ2) is 38.0. The minimum absolute atomic E-state index is 0.0192. The van der Waals surface area contributed by atoms with E-state index in [1.54, 1.807) is 0 Å². The molecule has 0 saturated carbocycles. The summed E-state index contributed by atoms with van der Waals surface area (Å²) < 4.78 is 33.3. The van der Waals surface area contributed by atoms with E-state index in [1.807, 2.05) is 0 Å². The van der Waals surface area contributed by atoms with Gasteiger partial charge in [0.05, 0.1) is 19.8 Å². The Balaban J connectivity index is 4.23. The zero-order valence-electron chi connectivity index (χ0n) is 33.4. The highest BCUT2D eigenvalue weighted by Crippen LogP contribution is 2.43. The minimum atomic E-state index is -4.61. The van der Waals surface area contributed by atoms with E-state index in [0.29, 0.717) is 13.0 Å². The first-order valence-electron chi connectivity index (χ1n) is 21.2. The molecule has 0 aromatic rings. The van der Waals surface area contributed by atoms with Crippen LogP contribution in [0.1, 0.15) is 200 Å². The van der Waals surface area contributed by atoms with Crippen molar-refractivity contribution in [2.24, 2.45) is 5.73 Å². The molecule has 1 unspecified atom stereocenters. The summed E-state index contributed by atoms with van der Waals surface area (Å²) in [6.07, 6.45) is 38.3. The number of esters is 1. The fourth-order valence-corrected chi connectivity index (χ4v) is 6.73. The van der Waals surface area contributed by atoms with Gasteiger partial charge < -0.3 is 25.2 Å². The van der Waals surface area contributed by atoms with E-state index in [-0.39, 0.29) is 13.0 Å². The molecule has 308 valence electrons. The summed E-state index contributed by atoms with van der Waals surface area (Å²) >= 11 is 0. The summed E-state index contributed by atoms with van der Waals surface area (Å²) in [5.74, 6) is -1.78. The molecule has 3 atom stereocenters. The first-order valence-corrected chi connectivity index (χ1v) is 22.7. The minimum Gasteiger partial charge on any atom is -0.480 e. The van der Waals surface area contributed by atoms with Gasteiger partial charge in [-0.05, 0) is 38.5 Å². The largest absolute Gasteiger partial charge is 0.480 e. The van der Waals surface area contributed by atoms with Crippen LogP contribution in [-0.4, -0.2) is 60.5 Å². The highest BCUT2D eigenvalue weighted by Gasteiger charge is 2.27. The number of carbonyl (C=O) groups is 2. The van der Waals surface area contributed by atoms with Gasteiger partial charge in [-0.3, -0.25) is 18.6 Å². The van der Waals surface area contributed by atoms with Crippen molar-refractivity contribution in [1.29, 1.82) is 0 Å². The van der Waals surface area contributed by atoms with E-state index in [1.165, 1.54) is 122 Å². The molecule has 0 heterocycles. The van der Waals surface area contributed by atoms with Crippen molar-refractivity contribution in [3.05, 3.63) is 12.2 Å². The Bertz CT molecular complexity index is 888. The van der Waals surface area contributed by atoms with Crippen LogP contribution in [0.3, 0.4) is 0 Å². The summed E-state index contributed by atoms with van der Waals surface area (Å²) in [6, 6.07) is -1.47. The predicted octanol–water partition coefficient (Wildman–Crippen LogP) is 11.4.